The summed E-state index contributed by atoms with van der Waals surface area (Å²) in [6.07, 6.45) is 2.38. The quantitative estimate of drug-likeness (QED) is 0.115. The SMILES string of the molecule is COc1cc([C@H]2C3=CC[C@@H]4C(=O)N(c5ccc(Nc6ccccc6)cc5)C(=O)[C@@H]4[C@@H]3C[C@H]3C(=O)N(c4ccc(F)c(Cl)c4)C(=O)[C@@]23C)cc(I)c1O. The minimum Gasteiger partial charge on any atom is -0.504 e. The molecule has 2 saturated heterocycles. The van der Waals surface area contributed by atoms with E-state index < -0.39 is 52.6 Å². The Kier molecular flexibility index (Phi) is 8.41. The summed E-state index contributed by atoms with van der Waals surface area (Å²) in [4.78, 5) is 60.0. The van der Waals surface area contributed by atoms with Gasteiger partial charge < -0.3 is 15.2 Å². The molecule has 264 valence electrons. The van der Waals surface area contributed by atoms with Crippen LogP contribution in [0.3, 0.4) is 0 Å². The summed E-state index contributed by atoms with van der Waals surface area (Å²) in [5, 5.41) is 13.8. The lowest BCUT2D eigenvalue weighted by Gasteiger charge is -2.49. The summed E-state index contributed by atoms with van der Waals surface area (Å²) in [6, 6.07) is 23.9. The van der Waals surface area contributed by atoms with Crippen LogP contribution < -0.4 is 19.9 Å². The zero-order valence-corrected chi connectivity index (χ0v) is 30.9. The molecule has 52 heavy (non-hydrogen) atoms. The second-order valence-electron chi connectivity index (χ2n) is 13.9. The number of carbonyl (C=O) groups is 4. The number of nitrogens with zero attached hydrogens (tertiary/aromatic N) is 2. The molecule has 2 N–H and O–H groups in total. The highest BCUT2D eigenvalue weighted by molar-refractivity contribution is 14.1. The fourth-order valence-electron chi connectivity index (χ4n) is 8.82. The Hall–Kier alpha value is -4.75. The predicted molar refractivity (Wildman–Crippen MR) is 202 cm³/mol. The van der Waals surface area contributed by atoms with E-state index in [4.69, 9.17) is 16.3 Å². The number of carbonyl (C=O) groups excluding carboxylic acids is 4. The maximum absolute atomic E-state index is 14.7. The molecule has 9 nitrogen and oxygen atoms in total. The lowest BCUT2D eigenvalue weighted by atomic mass is 9.51. The number of imide groups is 2. The van der Waals surface area contributed by atoms with E-state index in [2.05, 4.69) is 5.32 Å². The van der Waals surface area contributed by atoms with Gasteiger partial charge in [0.25, 0.3) is 0 Å². The maximum atomic E-state index is 14.7. The van der Waals surface area contributed by atoms with Gasteiger partial charge in [0.15, 0.2) is 11.5 Å². The number of methoxy groups -OCH3 is 1. The first-order valence-corrected chi connectivity index (χ1v) is 18.3. The van der Waals surface area contributed by atoms with E-state index in [1.807, 2.05) is 71.1 Å². The van der Waals surface area contributed by atoms with Gasteiger partial charge in [-0.15, -0.1) is 0 Å². The van der Waals surface area contributed by atoms with Gasteiger partial charge in [0.1, 0.15) is 5.82 Å². The van der Waals surface area contributed by atoms with Gasteiger partial charge >= 0.3 is 0 Å². The molecule has 2 aliphatic carbocycles. The van der Waals surface area contributed by atoms with Gasteiger partial charge in [-0.25, -0.2) is 9.29 Å². The van der Waals surface area contributed by atoms with Gasteiger partial charge in [-0.1, -0.05) is 41.4 Å². The molecule has 12 heteroatoms. The first kappa shape index (κ1) is 34.3. The lowest BCUT2D eigenvalue weighted by Crippen LogP contribution is -2.48. The minimum absolute atomic E-state index is 0.0628. The molecule has 2 aliphatic heterocycles. The van der Waals surface area contributed by atoms with E-state index in [1.54, 1.807) is 31.2 Å². The van der Waals surface area contributed by atoms with Crippen molar-refractivity contribution in [1.82, 2.24) is 0 Å². The highest BCUT2D eigenvalue weighted by Crippen LogP contribution is 2.64. The number of aromatic hydroxyl groups is 1. The van der Waals surface area contributed by atoms with Crippen LogP contribution in [0.25, 0.3) is 0 Å². The topological polar surface area (TPSA) is 116 Å². The molecule has 1 saturated carbocycles. The van der Waals surface area contributed by atoms with Crippen LogP contribution in [0.4, 0.5) is 27.1 Å². The van der Waals surface area contributed by atoms with Crippen molar-refractivity contribution in [2.24, 2.45) is 29.1 Å². The molecule has 4 amide bonds. The number of amides is 4. The lowest BCUT2D eigenvalue weighted by molar-refractivity contribution is -0.131. The number of rotatable bonds is 6. The number of hydrogen-bond donors (Lipinski definition) is 2. The van der Waals surface area contributed by atoms with Gasteiger partial charge in [-0.05, 0) is 121 Å². The zero-order chi connectivity index (χ0) is 36.6. The number of phenolic OH excluding ortho intramolecular Hbond substituents is 1. The smallest absolute Gasteiger partial charge is 0.241 e. The molecular weight excluding hydrogens is 800 g/mol. The molecule has 3 fully saturated rings. The molecular formula is C40H32ClFIN3O6. The second kappa shape index (κ2) is 12.7. The van der Waals surface area contributed by atoms with Crippen molar-refractivity contribution in [3.05, 3.63) is 117 Å². The Labute approximate surface area is 317 Å². The minimum atomic E-state index is -1.34. The summed E-state index contributed by atoms with van der Waals surface area (Å²) >= 11 is 8.11. The van der Waals surface area contributed by atoms with Crippen molar-refractivity contribution < 1.29 is 33.4 Å². The van der Waals surface area contributed by atoms with Crippen molar-refractivity contribution in [3.63, 3.8) is 0 Å². The van der Waals surface area contributed by atoms with E-state index in [9.17, 15) is 28.7 Å². The summed E-state index contributed by atoms with van der Waals surface area (Å²) in [5.74, 6) is -5.78. The second-order valence-corrected chi connectivity index (χ2v) is 15.4. The molecule has 0 bridgehead atoms. The Morgan fingerprint density at radius 3 is 2.27 bits per heavy atom. The monoisotopic (exact) mass is 831 g/mol. The van der Waals surface area contributed by atoms with E-state index in [0.29, 0.717) is 14.8 Å². The van der Waals surface area contributed by atoms with Crippen molar-refractivity contribution in [1.29, 1.82) is 0 Å². The summed E-state index contributed by atoms with van der Waals surface area (Å²) < 4.78 is 20.2. The number of anilines is 4. The van der Waals surface area contributed by atoms with Crippen molar-refractivity contribution >= 4 is 80.6 Å². The highest BCUT2D eigenvalue weighted by Gasteiger charge is 2.67. The number of halogens is 3. The first-order valence-electron chi connectivity index (χ1n) is 16.8. The average Bonchev–Trinajstić information content (AvgIpc) is 3.50. The molecule has 0 unspecified atom stereocenters. The highest BCUT2D eigenvalue weighted by atomic mass is 127. The molecule has 2 heterocycles. The van der Waals surface area contributed by atoms with Crippen LogP contribution in [0, 0.1) is 38.5 Å². The van der Waals surface area contributed by atoms with E-state index in [1.165, 1.54) is 24.1 Å². The Morgan fingerprint density at radius 1 is 0.885 bits per heavy atom. The molecule has 4 aromatic carbocycles. The number of ether oxygens (including phenoxy) is 1. The van der Waals surface area contributed by atoms with Crippen LogP contribution in [0.5, 0.6) is 11.5 Å². The Balaban J connectivity index is 1.20. The van der Waals surface area contributed by atoms with Gasteiger partial charge in [-0.2, -0.15) is 0 Å². The van der Waals surface area contributed by atoms with Gasteiger partial charge in [-0.3, -0.25) is 24.1 Å². The summed E-state index contributed by atoms with van der Waals surface area (Å²) in [6.45, 7) is 1.75. The van der Waals surface area contributed by atoms with Crippen LogP contribution in [-0.4, -0.2) is 35.8 Å². The van der Waals surface area contributed by atoms with E-state index in [-0.39, 0.29) is 46.9 Å². The number of para-hydroxylation sites is 1. The van der Waals surface area contributed by atoms with Crippen molar-refractivity contribution in [2.75, 3.05) is 22.2 Å². The third-order valence-electron chi connectivity index (χ3n) is 11.2. The van der Waals surface area contributed by atoms with Gasteiger partial charge in [0, 0.05) is 17.3 Å². The number of fused-ring (bicyclic) bond motifs is 4. The molecule has 6 atom stereocenters. The van der Waals surface area contributed by atoms with Crippen LogP contribution in [0.2, 0.25) is 5.02 Å². The van der Waals surface area contributed by atoms with Crippen molar-refractivity contribution in [3.8, 4) is 11.5 Å². The number of nitrogens with one attached hydrogen (secondary N) is 1. The zero-order valence-electron chi connectivity index (χ0n) is 28.0. The van der Waals surface area contributed by atoms with Gasteiger partial charge in [0.2, 0.25) is 23.6 Å². The molecule has 0 aromatic heterocycles. The standard InChI is InChI=1S/C40H32ClFIN3O6/c1-40-28(37(49)46(39(40)51)24-12-15-30(42)29(41)18-24)19-27-25(34(40)20-16-31(43)35(47)32(17-20)52-2)13-14-26-33(27)38(50)45(36(26)48)23-10-8-22(9-11-23)44-21-6-4-3-5-7-21/h3-13,15-18,26-28,33-34,44,47H,14,19H2,1-2H3/t26-,27+,28-,33-,34-,40+/m0/s1. The van der Waals surface area contributed by atoms with Crippen LogP contribution in [0.1, 0.15) is 31.2 Å². The Morgan fingerprint density at radius 2 is 1.58 bits per heavy atom. The largest absolute Gasteiger partial charge is 0.504 e. The molecule has 4 aliphatic rings. The maximum Gasteiger partial charge on any atom is 0.241 e. The molecule has 0 radical (unpaired) electrons. The number of phenols is 1. The normalized spacial score (nSPS) is 26.6. The molecule has 0 spiro atoms. The first-order chi connectivity index (χ1) is 24.9. The number of hydrogen-bond acceptors (Lipinski definition) is 7. The van der Waals surface area contributed by atoms with E-state index in [0.717, 1.165) is 27.9 Å². The predicted octanol–water partition coefficient (Wildman–Crippen LogP) is 7.98. The number of allylic oxidation sites excluding steroid dienone is 2. The molecule has 8 rings (SSSR count). The summed E-state index contributed by atoms with van der Waals surface area (Å²) in [7, 11) is 1.43. The van der Waals surface area contributed by atoms with E-state index >= 15 is 0 Å². The van der Waals surface area contributed by atoms with Crippen LogP contribution in [0.15, 0.2) is 96.6 Å². The Bertz CT molecular complexity index is 2210. The molecule has 4 aromatic rings. The fraction of sp³-hybridized carbons (Fsp3) is 0.250. The third-order valence-corrected chi connectivity index (χ3v) is 12.3. The fourth-order valence-corrected chi connectivity index (χ4v) is 9.62. The van der Waals surface area contributed by atoms with Crippen LogP contribution in [-0.2, 0) is 19.2 Å². The van der Waals surface area contributed by atoms with Gasteiger partial charge in [0.05, 0.1) is 50.2 Å². The summed E-state index contributed by atoms with van der Waals surface area (Å²) in [5.41, 5.74) is 2.35. The van der Waals surface area contributed by atoms with Crippen molar-refractivity contribution in [2.45, 2.75) is 25.7 Å². The average molecular weight is 832 g/mol. The third kappa shape index (κ3) is 5.14. The van der Waals surface area contributed by atoms with Crippen LogP contribution >= 0.6 is 34.2 Å². The number of benzene rings is 4.